The van der Waals surface area contributed by atoms with Gasteiger partial charge in [-0.15, -0.1) is 0 Å². The molecule has 1 aliphatic heterocycles. The van der Waals surface area contributed by atoms with Crippen LogP contribution in [0.5, 0.6) is 5.88 Å². The van der Waals surface area contributed by atoms with Crippen molar-refractivity contribution < 1.29 is 14.3 Å². The molecule has 0 unspecified atom stereocenters. The number of carbonyl (C=O) groups excluding carboxylic acids is 1. The molecule has 1 aromatic heterocycles. The van der Waals surface area contributed by atoms with Gasteiger partial charge >= 0.3 is 6.03 Å². The first-order valence-electron chi connectivity index (χ1n) is 10.5. The second-order valence-corrected chi connectivity index (χ2v) is 10.1. The Labute approximate surface area is 180 Å². The molecule has 2 amide bonds. The fourth-order valence-corrected chi connectivity index (χ4v) is 5.39. The average Bonchev–Trinajstić information content (AvgIpc) is 3.42. The van der Waals surface area contributed by atoms with E-state index in [2.05, 4.69) is 34.7 Å². The number of fused-ring (bicyclic) bond motifs is 3. The van der Waals surface area contributed by atoms with Crippen LogP contribution in [-0.4, -0.2) is 35.6 Å². The van der Waals surface area contributed by atoms with Gasteiger partial charge in [-0.3, -0.25) is 0 Å². The van der Waals surface area contributed by atoms with E-state index in [0.29, 0.717) is 18.2 Å². The number of ether oxygens (including phenoxy) is 2. The number of hydrogen-bond acceptors (Lipinski definition) is 4. The molecule has 3 aliphatic rings. The van der Waals surface area contributed by atoms with Crippen LogP contribution in [-0.2, 0) is 48.5 Å². The van der Waals surface area contributed by atoms with Crippen LogP contribution >= 0.6 is 0 Å². The Morgan fingerprint density at radius 3 is 3.03 bits per heavy atom. The molecule has 2 heterocycles. The van der Waals surface area contributed by atoms with Crippen molar-refractivity contribution in [3.63, 3.8) is 0 Å². The largest absolute Gasteiger partial charge is 0.476 e. The van der Waals surface area contributed by atoms with Crippen LogP contribution in [0, 0.1) is 5.41 Å². The molecule has 0 fully saturated rings. The Morgan fingerprint density at radius 1 is 1.33 bits per heavy atom. The normalized spacial score (nSPS) is 21.5. The van der Waals surface area contributed by atoms with Gasteiger partial charge < -0.3 is 14.8 Å². The molecule has 0 saturated carbocycles. The van der Waals surface area contributed by atoms with Gasteiger partial charge in [-0.1, -0.05) is 31.5 Å². The van der Waals surface area contributed by atoms with E-state index in [4.69, 9.17) is 9.47 Å². The zero-order valence-electron chi connectivity index (χ0n) is 17.7. The zero-order chi connectivity index (χ0) is 20.9. The van der Waals surface area contributed by atoms with Crippen molar-refractivity contribution in [2.24, 2.45) is 9.78 Å². The van der Waals surface area contributed by atoms with E-state index in [1.54, 1.807) is 13.3 Å². The molecule has 30 heavy (non-hydrogen) atoms. The number of hydrogen-bond donors (Lipinski definition) is 2. The van der Waals surface area contributed by atoms with E-state index in [0.717, 1.165) is 55.1 Å². The third-order valence-corrected chi connectivity index (χ3v) is 7.05. The summed E-state index contributed by atoms with van der Waals surface area (Å²) in [6.07, 6.45) is 6.91. The van der Waals surface area contributed by atoms with Crippen LogP contribution in [0.3, 0.4) is 0 Å². The molecular weight excluding hydrogens is 400 g/mol. The molecule has 5 rings (SSSR count). The Kier molecular flexibility index (Phi) is 4.94. The van der Waals surface area contributed by atoms with Crippen molar-refractivity contribution in [2.75, 3.05) is 19.0 Å². The third-order valence-electron chi connectivity index (χ3n) is 6.24. The van der Waals surface area contributed by atoms with Gasteiger partial charge in [0.05, 0.1) is 30.3 Å². The Balaban J connectivity index is 1.37. The number of aromatic nitrogens is 2. The number of benzene rings is 1. The van der Waals surface area contributed by atoms with Crippen LogP contribution in [0.4, 0.5) is 10.5 Å². The number of aryl methyl sites for hydroxylation is 1. The van der Waals surface area contributed by atoms with Crippen molar-refractivity contribution in [1.82, 2.24) is 9.78 Å². The van der Waals surface area contributed by atoms with Crippen LogP contribution in [0.15, 0.2) is 21.5 Å². The summed E-state index contributed by atoms with van der Waals surface area (Å²) in [4.78, 5) is 13.6. The summed E-state index contributed by atoms with van der Waals surface area (Å²) in [5.41, 5.74) is 6.18. The maximum Gasteiger partial charge on any atom is 0.351 e. The number of nitrogens with zero attached hydrogens (tertiary/aromatic N) is 3. The highest BCUT2D eigenvalue weighted by molar-refractivity contribution is 7.68. The molecule has 0 saturated heterocycles. The lowest BCUT2D eigenvalue weighted by Gasteiger charge is -2.30. The highest BCUT2D eigenvalue weighted by Gasteiger charge is 2.30. The van der Waals surface area contributed by atoms with Crippen LogP contribution in [0.1, 0.15) is 42.5 Å². The van der Waals surface area contributed by atoms with Crippen molar-refractivity contribution in [3.8, 4) is 5.88 Å². The SMILES string of the molecule is CO[C@H]1Cc2cc3c(c(NC(=O)N=[SH]c4cnn5c4OCC(C)(C)C5)c2C1)CCC3. The summed E-state index contributed by atoms with van der Waals surface area (Å²) in [6.45, 7) is 5.73. The third kappa shape index (κ3) is 3.56. The molecule has 1 atom stereocenters. The van der Waals surface area contributed by atoms with Crippen molar-refractivity contribution in [1.29, 1.82) is 0 Å². The number of carbonyl (C=O) groups is 1. The lowest BCUT2D eigenvalue weighted by Crippen LogP contribution is -2.33. The van der Waals surface area contributed by atoms with Gasteiger partial charge in [-0.05, 0) is 47.9 Å². The minimum Gasteiger partial charge on any atom is -0.476 e. The first-order chi connectivity index (χ1) is 14.4. The Hall–Kier alpha value is -2.19. The monoisotopic (exact) mass is 428 g/mol. The first kappa shape index (κ1) is 19.8. The maximum absolute atomic E-state index is 12.7. The lowest BCUT2D eigenvalue weighted by molar-refractivity contribution is 0.0973. The standard InChI is InChI=1S/C22H28N4O3S/c1-22(2)11-26-20(29-12-22)18(10-23-26)30-25-21(27)24-19-16-6-4-5-13(16)7-14-8-15(28-3)9-17(14)19/h7,10,15,30H,4-6,8-9,11-12H2,1-3H3,(H,24,27)/t15-/m0/s1. The minimum absolute atomic E-state index is 0.0514. The first-order valence-corrected chi connectivity index (χ1v) is 11.4. The summed E-state index contributed by atoms with van der Waals surface area (Å²) in [7, 11) is 1.76. The fourth-order valence-electron chi connectivity index (χ4n) is 4.77. The van der Waals surface area contributed by atoms with E-state index in [9.17, 15) is 4.79 Å². The van der Waals surface area contributed by atoms with Gasteiger partial charge in [0.1, 0.15) is 0 Å². The highest BCUT2D eigenvalue weighted by atomic mass is 32.1. The molecule has 2 aromatic rings. The van der Waals surface area contributed by atoms with Crippen molar-refractivity contribution >= 4 is 23.3 Å². The van der Waals surface area contributed by atoms with Gasteiger partial charge in [-0.2, -0.15) is 9.46 Å². The molecular formula is C22H28N4O3S. The van der Waals surface area contributed by atoms with Gasteiger partial charge in [0.2, 0.25) is 5.88 Å². The predicted molar refractivity (Wildman–Crippen MR) is 117 cm³/mol. The van der Waals surface area contributed by atoms with Gasteiger partial charge in [0, 0.05) is 24.6 Å². The van der Waals surface area contributed by atoms with Gasteiger partial charge in [-0.25, -0.2) is 9.48 Å². The Morgan fingerprint density at radius 2 is 2.20 bits per heavy atom. The second-order valence-electron chi connectivity index (χ2n) is 9.22. The topological polar surface area (TPSA) is 77.7 Å². The maximum atomic E-state index is 12.7. The quantitative estimate of drug-likeness (QED) is 0.734. The van der Waals surface area contributed by atoms with E-state index >= 15 is 0 Å². The second kappa shape index (κ2) is 7.50. The van der Waals surface area contributed by atoms with E-state index in [-0.39, 0.29) is 17.6 Å². The van der Waals surface area contributed by atoms with Crippen molar-refractivity contribution in [3.05, 3.63) is 34.5 Å². The number of nitrogens with one attached hydrogen (secondary N) is 1. The lowest BCUT2D eigenvalue weighted by atomic mass is 9.94. The van der Waals surface area contributed by atoms with Crippen molar-refractivity contribution in [2.45, 2.75) is 63.5 Å². The number of anilines is 1. The number of thiol groups is 1. The smallest absolute Gasteiger partial charge is 0.351 e. The van der Waals surface area contributed by atoms with E-state index in [1.807, 2.05) is 4.68 Å². The van der Waals surface area contributed by atoms with E-state index in [1.165, 1.54) is 22.3 Å². The highest BCUT2D eigenvalue weighted by Crippen LogP contribution is 2.39. The molecule has 0 spiro atoms. The fraction of sp³-hybridized carbons (Fsp3) is 0.545. The number of rotatable bonds is 3. The molecule has 7 nitrogen and oxygen atoms in total. The summed E-state index contributed by atoms with van der Waals surface area (Å²) < 4.78 is 17.6. The van der Waals surface area contributed by atoms with Crippen LogP contribution < -0.4 is 10.1 Å². The van der Waals surface area contributed by atoms with Gasteiger partial charge in [0.25, 0.3) is 0 Å². The minimum atomic E-state index is -0.323. The Bertz CT molecular complexity index is 1040. The molecule has 8 heteroatoms. The molecule has 160 valence electrons. The van der Waals surface area contributed by atoms with Crippen LogP contribution in [0.25, 0.3) is 0 Å². The molecule has 2 aliphatic carbocycles. The molecule has 1 N–H and O–H groups in total. The predicted octanol–water partition coefficient (Wildman–Crippen LogP) is 3.49. The molecule has 0 radical (unpaired) electrons. The number of amides is 2. The van der Waals surface area contributed by atoms with E-state index < -0.39 is 0 Å². The summed E-state index contributed by atoms with van der Waals surface area (Å²) >= 11 is 0.549. The summed E-state index contributed by atoms with van der Waals surface area (Å²) in [6, 6.07) is 2.00. The molecule has 0 bridgehead atoms. The summed E-state index contributed by atoms with van der Waals surface area (Å²) in [5, 5.41) is 7.51. The van der Waals surface area contributed by atoms with Crippen LogP contribution in [0.2, 0.25) is 0 Å². The zero-order valence-corrected chi connectivity index (χ0v) is 18.6. The summed E-state index contributed by atoms with van der Waals surface area (Å²) in [5.74, 6) is 0.719. The molecule has 1 aromatic carbocycles. The van der Waals surface area contributed by atoms with Gasteiger partial charge in [0.15, 0.2) is 0 Å². The number of methoxy groups -OCH3 is 1. The average molecular weight is 429 g/mol. The number of urea groups is 1.